The average molecular weight is 261 g/mol. The number of nitrogens with zero attached hydrogens (tertiary/aromatic N) is 2. The fourth-order valence-corrected chi connectivity index (χ4v) is 1.60. The lowest BCUT2D eigenvalue weighted by atomic mass is 10.3. The highest BCUT2D eigenvalue weighted by molar-refractivity contribution is 5.88. The molecule has 8 heteroatoms. The van der Waals surface area contributed by atoms with Crippen molar-refractivity contribution < 1.29 is 27.5 Å². The molecule has 96 valence electrons. The zero-order valence-corrected chi connectivity index (χ0v) is 8.66. The lowest BCUT2D eigenvalue weighted by Crippen LogP contribution is -2.29. The second-order valence-electron chi connectivity index (χ2n) is 3.56. The summed E-state index contributed by atoms with van der Waals surface area (Å²) in [6.07, 6.45) is -4.62. The Bertz CT molecular complexity index is 618. The van der Waals surface area contributed by atoms with Crippen LogP contribution in [-0.2, 0) is 6.54 Å². The second-order valence-corrected chi connectivity index (χ2v) is 3.56. The van der Waals surface area contributed by atoms with Gasteiger partial charge in [-0.15, -0.1) is 0 Å². The number of carboxylic acids is 1. The molecule has 0 atom stereocenters. The highest BCUT2D eigenvalue weighted by Crippen LogP contribution is 2.23. The molecule has 0 aliphatic carbocycles. The first-order chi connectivity index (χ1) is 8.28. The van der Waals surface area contributed by atoms with Crippen molar-refractivity contribution in [1.29, 1.82) is 0 Å². The Labute approximate surface area is 97.5 Å². The summed E-state index contributed by atoms with van der Waals surface area (Å²) in [5, 5.41) is 10.7. The molecule has 0 saturated carbocycles. The maximum Gasteiger partial charge on any atom is 0.406 e. The normalized spacial score (nSPS) is 12.0. The number of benzene rings is 1. The van der Waals surface area contributed by atoms with Crippen molar-refractivity contribution in [3.8, 4) is 0 Å². The molecular weight excluding hydrogens is 256 g/mol. The van der Waals surface area contributed by atoms with Gasteiger partial charge in [-0.1, -0.05) is 0 Å². The Balaban J connectivity index is 2.67. The molecule has 0 fully saturated rings. The van der Waals surface area contributed by atoms with Gasteiger partial charge in [0.2, 0.25) is 0 Å². The summed E-state index contributed by atoms with van der Waals surface area (Å²) < 4.78 is 50.3. The van der Waals surface area contributed by atoms with Gasteiger partial charge in [0.15, 0.2) is 5.82 Å². The molecule has 18 heavy (non-hydrogen) atoms. The number of imidazole rings is 1. The number of carbonyl (C=O) groups is 1. The molecule has 2 rings (SSSR count). The molecule has 0 saturated heterocycles. The minimum atomic E-state index is -4.62. The molecule has 1 aromatic carbocycles. The molecule has 0 bridgehead atoms. The minimum Gasteiger partial charge on any atom is -0.542 e. The van der Waals surface area contributed by atoms with Crippen molar-refractivity contribution in [3.05, 3.63) is 29.8 Å². The SMILES string of the molecule is O=C([O-])c1nc2cc(F)ccc2n1CC(F)(F)F. The van der Waals surface area contributed by atoms with E-state index in [1.54, 1.807) is 0 Å². The van der Waals surface area contributed by atoms with Gasteiger partial charge >= 0.3 is 6.18 Å². The lowest BCUT2D eigenvalue weighted by molar-refractivity contribution is -0.256. The van der Waals surface area contributed by atoms with Crippen molar-refractivity contribution in [2.24, 2.45) is 0 Å². The van der Waals surface area contributed by atoms with E-state index in [1.165, 1.54) is 0 Å². The predicted molar refractivity (Wildman–Crippen MR) is 50.1 cm³/mol. The number of aromatic nitrogens is 2. The maximum atomic E-state index is 12.9. The van der Waals surface area contributed by atoms with Gasteiger partial charge in [-0.05, 0) is 12.1 Å². The zero-order chi connectivity index (χ0) is 13.5. The van der Waals surface area contributed by atoms with Gasteiger partial charge in [-0.3, -0.25) is 0 Å². The van der Waals surface area contributed by atoms with E-state index in [1.807, 2.05) is 0 Å². The van der Waals surface area contributed by atoms with Gasteiger partial charge < -0.3 is 14.5 Å². The Morgan fingerprint density at radius 2 is 2.06 bits per heavy atom. The van der Waals surface area contributed by atoms with Gasteiger partial charge in [0.25, 0.3) is 0 Å². The Hall–Kier alpha value is -2.12. The molecule has 0 amide bonds. The highest BCUT2D eigenvalue weighted by Gasteiger charge is 2.30. The van der Waals surface area contributed by atoms with E-state index >= 15 is 0 Å². The van der Waals surface area contributed by atoms with Crippen LogP contribution in [0.25, 0.3) is 11.0 Å². The van der Waals surface area contributed by atoms with Crippen LogP contribution in [0.2, 0.25) is 0 Å². The molecular formula is C10H5F4N2O2-. The number of alkyl halides is 3. The molecule has 1 aromatic heterocycles. The van der Waals surface area contributed by atoms with E-state index in [9.17, 15) is 27.5 Å². The number of aromatic carboxylic acids is 1. The van der Waals surface area contributed by atoms with Crippen LogP contribution < -0.4 is 5.11 Å². The first-order valence-corrected chi connectivity index (χ1v) is 4.72. The third kappa shape index (κ3) is 2.27. The molecule has 1 heterocycles. The van der Waals surface area contributed by atoms with Crippen molar-refractivity contribution in [2.75, 3.05) is 0 Å². The van der Waals surface area contributed by atoms with E-state index < -0.39 is 30.3 Å². The summed E-state index contributed by atoms with van der Waals surface area (Å²) >= 11 is 0. The zero-order valence-electron chi connectivity index (χ0n) is 8.66. The third-order valence-electron chi connectivity index (χ3n) is 2.23. The maximum absolute atomic E-state index is 12.9. The highest BCUT2D eigenvalue weighted by atomic mass is 19.4. The van der Waals surface area contributed by atoms with Crippen LogP contribution in [0.5, 0.6) is 0 Å². The van der Waals surface area contributed by atoms with Crippen molar-refractivity contribution in [1.82, 2.24) is 9.55 Å². The summed E-state index contributed by atoms with van der Waals surface area (Å²) in [6.45, 7) is -1.53. The first kappa shape index (κ1) is 12.3. The summed E-state index contributed by atoms with van der Waals surface area (Å²) in [7, 11) is 0. The number of fused-ring (bicyclic) bond motifs is 1. The van der Waals surface area contributed by atoms with Crippen LogP contribution in [-0.4, -0.2) is 21.7 Å². The largest absolute Gasteiger partial charge is 0.542 e. The van der Waals surface area contributed by atoms with E-state index in [0.29, 0.717) is 4.57 Å². The number of carboxylic acid groups (broad SMARTS) is 1. The number of hydrogen-bond donors (Lipinski definition) is 0. The third-order valence-corrected chi connectivity index (χ3v) is 2.23. The predicted octanol–water partition coefficient (Wildman–Crippen LogP) is 1.10. The van der Waals surface area contributed by atoms with Crippen LogP contribution in [0.3, 0.4) is 0 Å². The summed E-state index contributed by atoms with van der Waals surface area (Å²) in [6, 6.07) is 2.82. The van der Waals surface area contributed by atoms with Gasteiger partial charge in [0, 0.05) is 6.07 Å². The quantitative estimate of drug-likeness (QED) is 0.760. The number of rotatable bonds is 2. The standard InChI is InChI=1S/C10H6F4N2O2/c11-5-1-2-7-6(3-5)15-8(9(17)18)16(7)4-10(12,13)14/h1-3H,4H2,(H,17,18)/p-1. The molecule has 0 spiro atoms. The van der Waals surface area contributed by atoms with Gasteiger partial charge in [0.05, 0.1) is 11.0 Å². The van der Waals surface area contributed by atoms with Gasteiger partial charge in [-0.25, -0.2) is 9.37 Å². The van der Waals surface area contributed by atoms with E-state index in [2.05, 4.69) is 4.98 Å². The molecule has 0 aliphatic rings. The smallest absolute Gasteiger partial charge is 0.406 e. The summed E-state index contributed by atoms with van der Waals surface area (Å²) in [5.74, 6) is -3.45. The average Bonchev–Trinajstić information content (AvgIpc) is 2.54. The minimum absolute atomic E-state index is 0.118. The number of halogens is 4. The second kappa shape index (κ2) is 3.97. The van der Waals surface area contributed by atoms with Crippen molar-refractivity contribution in [3.63, 3.8) is 0 Å². The molecule has 0 aliphatic heterocycles. The van der Waals surface area contributed by atoms with Crippen LogP contribution >= 0.6 is 0 Å². The molecule has 0 unspecified atom stereocenters. The fraction of sp³-hybridized carbons (Fsp3) is 0.200. The summed E-state index contributed by atoms with van der Waals surface area (Å²) in [4.78, 5) is 14.1. The molecule has 4 nitrogen and oxygen atoms in total. The molecule has 2 aromatic rings. The monoisotopic (exact) mass is 261 g/mol. The van der Waals surface area contributed by atoms with Crippen LogP contribution in [0.1, 0.15) is 10.6 Å². The van der Waals surface area contributed by atoms with E-state index in [0.717, 1.165) is 18.2 Å². The van der Waals surface area contributed by atoms with E-state index in [-0.39, 0.29) is 11.0 Å². The van der Waals surface area contributed by atoms with Crippen LogP contribution in [0.4, 0.5) is 17.6 Å². The van der Waals surface area contributed by atoms with Gasteiger partial charge in [-0.2, -0.15) is 13.2 Å². The Morgan fingerprint density at radius 3 is 2.61 bits per heavy atom. The first-order valence-electron chi connectivity index (χ1n) is 4.72. The number of hydrogen-bond acceptors (Lipinski definition) is 3. The fourth-order valence-electron chi connectivity index (χ4n) is 1.60. The molecule has 0 radical (unpaired) electrons. The lowest BCUT2D eigenvalue weighted by Gasteiger charge is -2.11. The van der Waals surface area contributed by atoms with Gasteiger partial charge in [0.1, 0.15) is 18.3 Å². The molecule has 0 N–H and O–H groups in total. The van der Waals surface area contributed by atoms with Crippen LogP contribution in [0, 0.1) is 5.82 Å². The summed E-state index contributed by atoms with van der Waals surface area (Å²) in [5.41, 5.74) is -0.286. The van der Waals surface area contributed by atoms with E-state index in [4.69, 9.17) is 0 Å². The topological polar surface area (TPSA) is 57.9 Å². The number of carbonyl (C=O) groups excluding carboxylic acids is 1. The Kier molecular flexibility index (Phi) is 2.72. The Morgan fingerprint density at radius 1 is 1.39 bits per heavy atom. The van der Waals surface area contributed by atoms with Crippen molar-refractivity contribution >= 4 is 17.0 Å². The van der Waals surface area contributed by atoms with Crippen LogP contribution in [0.15, 0.2) is 18.2 Å². The van der Waals surface area contributed by atoms with Crippen molar-refractivity contribution in [2.45, 2.75) is 12.7 Å².